The number of benzene rings is 2. The molecule has 1 N–H and O–H groups in total. The molecule has 0 unspecified atom stereocenters. The fourth-order valence-corrected chi connectivity index (χ4v) is 4.43. The Kier molecular flexibility index (Phi) is 7.57. The van der Waals surface area contributed by atoms with Gasteiger partial charge in [-0.05, 0) is 80.3 Å². The van der Waals surface area contributed by atoms with Crippen molar-refractivity contribution in [1.29, 1.82) is 0 Å². The summed E-state index contributed by atoms with van der Waals surface area (Å²) < 4.78 is 7.73. The van der Waals surface area contributed by atoms with Crippen LogP contribution in [0.5, 0.6) is 0 Å². The molecule has 0 aliphatic carbocycles. The van der Waals surface area contributed by atoms with Crippen LogP contribution in [0.15, 0.2) is 48.5 Å². The molecule has 1 aliphatic rings. The second-order valence-electron chi connectivity index (χ2n) is 8.38. The van der Waals surface area contributed by atoms with Crippen LogP contribution in [0.3, 0.4) is 0 Å². The fraction of sp³-hybridized carbons (Fsp3) is 0.407. The van der Waals surface area contributed by atoms with E-state index in [4.69, 9.17) is 16.3 Å². The number of hydrogen-bond acceptors (Lipinski definition) is 2. The van der Waals surface area contributed by atoms with Gasteiger partial charge in [0.25, 0.3) is 0 Å². The smallest absolute Gasteiger partial charge is 0.0931 e. The van der Waals surface area contributed by atoms with E-state index in [9.17, 15) is 0 Å². The quantitative estimate of drug-likeness (QED) is 0.364. The van der Waals surface area contributed by atoms with Crippen LogP contribution in [0.1, 0.15) is 36.1 Å². The maximum absolute atomic E-state index is 6.09. The molecule has 2 aromatic carbocycles. The van der Waals surface area contributed by atoms with Gasteiger partial charge in [0.2, 0.25) is 0 Å². The highest BCUT2D eigenvalue weighted by molar-refractivity contribution is 6.17. The van der Waals surface area contributed by atoms with Crippen molar-refractivity contribution >= 4 is 28.2 Å². The van der Waals surface area contributed by atoms with Crippen molar-refractivity contribution in [1.82, 2.24) is 4.57 Å². The molecule has 0 radical (unpaired) electrons. The van der Waals surface area contributed by atoms with Crippen molar-refractivity contribution in [2.75, 3.05) is 31.0 Å². The average Bonchev–Trinajstić information content (AvgIpc) is 3.14. The molecule has 31 heavy (non-hydrogen) atoms. The molecule has 1 saturated heterocycles. The Bertz CT molecular complexity index is 1050. The normalized spacial score (nSPS) is 14.4. The van der Waals surface area contributed by atoms with Crippen molar-refractivity contribution in [3.05, 3.63) is 65.4 Å². The van der Waals surface area contributed by atoms with E-state index in [0.29, 0.717) is 12.4 Å². The van der Waals surface area contributed by atoms with Crippen molar-refractivity contribution in [3.63, 3.8) is 0 Å². The molecular formula is C27H31ClN2O. The molecule has 0 atom stereocenters. The topological polar surface area (TPSA) is 26.2 Å². The highest BCUT2D eigenvalue weighted by Crippen LogP contribution is 2.25. The molecule has 4 heteroatoms. The predicted molar refractivity (Wildman–Crippen MR) is 131 cm³/mol. The van der Waals surface area contributed by atoms with Gasteiger partial charge in [0.15, 0.2) is 0 Å². The zero-order valence-corrected chi connectivity index (χ0v) is 19.0. The molecule has 162 valence electrons. The van der Waals surface area contributed by atoms with Crippen LogP contribution in [0.25, 0.3) is 10.9 Å². The lowest BCUT2D eigenvalue weighted by Gasteiger charge is -2.21. The molecule has 1 aliphatic heterocycles. The third-order valence-corrected chi connectivity index (χ3v) is 6.27. The van der Waals surface area contributed by atoms with Crippen molar-refractivity contribution < 1.29 is 4.74 Å². The largest absolute Gasteiger partial charge is 0.381 e. The summed E-state index contributed by atoms with van der Waals surface area (Å²) in [5, 5.41) is 4.62. The maximum atomic E-state index is 6.09. The van der Waals surface area contributed by atoms with Gasteiger partial charge < -0.3 is 14.6 Å². The Morgan fingerprint density at radius 1 is 1.10 bits per heavy atom. The second kappa shape index (κ2) is 10.8. The van der Waals surface area contributed by atoms with Gasteiger partial charge in [-0.15, -0.1) is 11.6 Å². The van der Waals surface area contributed by atoms with Crippen LogP contribution < -0.4 is 5.32 Å². The number of halogens is 1. The number of aryl methyl sites for hydroxylation is 3. The van der Waals surface area contributed by atoms with Gasteiger partial charge in [0.1, 0.15) is 0 Å². The SMILES string of the molecule is Cc1ccc(NCC#Cc2cc3cc(CCC4CCOCC4)ccc3n2CCCl)cc1. The van der Waals surface area contributed by atoms with E-state index in [1.165, 1.54) is 41.3 Å². The number of hydrogen-bond donors (Lipinski definition) is 1. The number of fused-ring (bicyclic) bond motifs is 1. The molecule has 0 saturated carbocycles. The van der Waals surface area contributed by atoms with Gasteiger partial charge in [-0.1, -0.05) is 29.7 Å². The summed E-state index contributed by atoms with van der Waals surface area (Å²) in [7, 11) is 0. The molecule has 1 aromatic heterocycles. The average molecular weight is 435 g/mol. The lowest BCUT2D eigenvalue weighted by Crippen LogP contribution is -2.16. The lowest BCUT2D eigenvalue weighted by molar-refractivity contribution is 0.0640. The van der Waals surface area contributed by atoms with Crippen molar-refractivity contribution in [2.24, 2.45) is 5.92 Å². The number of nitrogens with zero attached hydrogens (tertiary/aromatic N) is 1. The summed E-state index contributed by atoms with van der Waals surface area (Å²) in [5.74, 6) is 7.99. The van der Waals surface area contributed by atoms with Gasteiger partial charge in [0, 0.05) is 42.2 Å². The van der Waals surface area contributed by atoms with E-state index in [2.05, 4.69) is 77.2 Å². The van der Waals surface area contributed by atoms with Crippen LogP contribution >= 0.6 is 11.6 Å². The number of aromatic nitrogens is 1. The van der Waals surface area contributed by atoms with Crippen LogP contribution in [0, 0.1) is 24.7 Å². The first-order valence-electron chi connectivity index (χ1n) is 11.3. The zero-order chi connectivity index (χ0) is 21.5. The summed E-state index contributed by atoms with van der Waals surface area (Å²) in [6, 6.07) is 17.4. The van der Waals surface area contributed by atoms with Gasteiger partial charge >= 0.3 is 0 Å². The minimum absolute atomic E-state index is 0.575. The number of rotatable bonds is 7. The van der Waals surface area contributed by atoms with Crippen molar-refractivity contribution in [3.8, 4) is 11.8 Å². The minimum Gasteiger partial charge on any atom is -0.381 e. The Labute approximate surface area is 190 Å². The first-order chi connectivity index (χ1) is 15.2. The predicted octanol–water partition coefficient (Wildman–Crippen LogP) is 6.01. The molecule has 3 aromatic rings. The number of alkyl halides is 1. The van der Waals surface area contributed by atoms with E-state index >= 15 is 0 Å². The zero-order valence-electron chi connectivity index (χ0n) is 18.3. The molecule has 3 nitrogen and oxygen atoms in total. The maximum Gasteiger partial charge on any atom is 0.0931 e. The summed E-state index contributed by atoms with van der Waals surface area (Å²) in [5.41, 5.74) is 6.00. The van der Waals surface area contributed by atoms with Gasteiger partial charge in [-0.3, -0.25) is 0 Å². The molecule has 0 amide bonds. The highest BCUT2D eigenvalue weighted by atomic mass is 35.5. The van der Waals surface area contributed by atoms with Gasteiger partial charge in [-0.2, -0.15) is 0 Å². The molecule has 4 rings (SSSR count). The number of ether oxygens (including phenoxy) is 1. The van der Waals surface area contributed by atoms with E-state index < -0.39 is 0 Å². The van der Waals surface area contributed by atoms with Crippen molar-refractivity contribution in [2.45, 2.75) is 39.2 Å². The first kappa shape index (κ1) is 21.8. The summed E-state index contributed by atoms with van der Waals surface area (Å²) in [6.45, 7) is 5.32. The molecule has 0 bridgehead atoms. The van der Waals surface area contributed by atoms with E-state index in [-0.39, 0.29) is 0 Å². The first-order valence-corrected chi connectivity index (χ1v) is 11.8. The third-order valence-electron chi connectivity index (χ3n) is 6.10. The summed E-state index contributed by atoms with van der Waals surface area (Å²) >= 11 is 6.09. The van der Waals surface area contributed by atoms with Crippen LogP contribution in [0.2, 0.25) is 0 Å². The number of nitrogens with one attached hydrogen (secondary N) is 1. The third kappa shape index (κ3) is 5.85. The van der Waals surface area contributed by atoms with Gasteiger partial charge in [-0.25, -0.2) is 0 Å². The molecule has 2 heterocycles. The minimum atomic E-state index is 0.575. The highest BCUT2D eigenvalue weighted by Gasteiger charge is 2.14. The summed E-state index contributed by atoms with van der Waals surface area (Å²) in [6.07, 6.45) is 4.77. The Morgan fingerprint density at radius 3 is 2.68 bits per heavy atom. The van der Waals surface area contributed by atoms with E-state index in [0.717, 1.165) is 43.5 Å². The Balaban J connectivity index is 1.45. The van der Waals surface area contributed by atoms with Gasteiger partial charge in [0.05, 0.1) is 12.2 Å². The Hall–Kier alpha value is -2.41. The fourth-order valence-electron chi connectivity index (χ4n) is 4.26. The van der Waals surface area contributed by atoms with E-state index in [1.807, 2.05) is 0 Å². The van der Waals surface area contributed by atoms with Crippen LogP contribution in [-0.4, -0.2) is 30.2 Å². The second-order valence-corrected chi connectivity index (χ2v) is 8.76. The Morgan fingerprint density at radius 2 is 1.90 bits per heavy atom. The summed E-state index contributed by atoms with van der Waals surface area (Å²) in [4.78, 5) is 0. The monoisotopic (exact) mass is 434 g/mol. The lowest BCUT2D eigenvalue weighted by atomic mass is 9.92. The molecule has 1 fully saturated rings. The molecule has 0 spiro atoms. The van der Waals surface area contributed by atoms with Crippen LogP contribution in [0.4, 0.5) is 5.69 Å². The molecular weight excluding hydrogens is 404 g/mol. The van der Waals surface area contributed by atoms with Crippen LogP contribution in [-0.2, 0) is 17.7 Å². The van der Waals surface area contributed by atoms with E-state index in [1.54, 1.807) is 0 Å². The number of anilines is 1. The standard InChI is InChI=1S/C27H31ClN2O/c1-21-4-9-25(10-5-21)29-15-2-3-26-20-24-19-23(7-6-22-12-17-31-18-13-22)8-11-27(24)30(26)16-14-28/h4-5,8-11,19-20,22,29H,6-7,12-18H2,1H3.